The first-order valence-corrected chi connectivity index (χ1v) is 4.91. The molecule has 2 N–H and O–H groups in total. The lowest BCUT2D eigenvalue weighted by Gasteiger charge is -2.15. The minimum atomic E-state index is -4.52. The first-order chi connectivity index (χ1) is 7.41. The van der Waals surface area contributed by atoms with E-state index in [0.717, 1.165) is 18.9 Å². The Hall–Kier alpha value is -1.52. The second-order valence-corrected chi connectivity index (χ2v) is 3.91. The highest BCUT2D eigenvalue weighted by Gasteiger charge is 2.41. The molecule has 1 aliphatic rings. The van der Waals surface area contributed by atoms with Gasteiger partial charge in [0.2, 0.25) is 5.91 Å². The molecule has 86 valence electrons. The molecular weight excluding hydrogens is 219 g/mol. The monoisotopic (exact) mass is 229 g/mol. The lowest BCUT2D eigenvalue weighted by atomic mass is 9.97. The molecule has 1 aliphatic carbocycles. The Labute approximate surface area is 90.2 Å². The van der Waals surface area contributed by atoms with E-state index in [-0.39, 0.29) is 11.5 Å². The van der Waals surface area contributed by atoms with Crippen LogP contribution >= 0.6 is 0 Å². The fraction of sp³-hybridized carbons (Fsp3) is 0.364. The summed E-state index contributed by atoms with van der Waals surface area (Å²) in [5.41, 5.74) is 3.87. The van der Waals surface area contributed by atoms with Crippen LogP contribution in [0, 0.1) is 0 Å². The number of carbonyl (C=O) groups excluding carboxylic acids is 1. The highest BCUT2D eigenvalue weighted by Crippen LogP contribution is 2.46. The van der Waals surface area contributed by atoms with Gasteiger partial charge in [-0.3, -0.25) is 4.79 Å². The van der Waals surface area contributed by atoms with Crippen LogP contribution in [0.25, 0.3) is 0 Å². The molecule has 0 spiro atoms. The van der Waals surface area contributed by atoms with Crippen LogP contribution in [-0.4, -0.2) is 5.91 Å². The standard InChI is InChI=1S/C11H10F3NO/c12-11(13,14)9-7(6-4-5-6)2-1-3-8(9)10(15)16/h1-3,6H,4-5H2,(H2,15,16). The van der Waals surface area contributed by atoms with Crippen LogP contribution in [0.5, 0.6) is 0 Å². The van der Waals surface area contributed by atoms with Gasteiger partial charge in [-0.2, -0.15) is 13.2 Å². The highest BCUT2D eigenvalue weighted by molar-refractivity contribution is 5.95. The molecule has 1 amide bonds. The number of alkyl halides is 3. The Bertz CT molecular complexity index is 435. The summed E-state index contributed by atoms with van der Waals surface area (Å²) in [7, 11) is 0. The molecule has 1 saturated carbocycles. The fourth-order valence-electron chi connectivity index (χ4n) is 1.83. The van der Waals surface area contributed by atoms with Crippen molar-refractivity contribution in [1.82, 2.24) is 0 Å². The van der Waals surface area contributed by atoms with Gasteiger partial charge in [0.1, 0.15) is 0 Å². The molecule has 0 atom stereocenters. The molecule has 0 bridgehead atoms. The van der Waals surface area contributed by atoms with Gasteiger partial charge in [-0.15, -0.1) is 0 Å². The minimum Gasteiger partial charge on any atom is -0.366 e. The zero-order chi connectivity index (χ0) is 11.9. The average Bonchev–Trinajstić information content (AvgIpc) is 2.98. The van der Waals surface area contributed by atoms with Crippen LogP contribution in [0.4, 0.5) is 13.2 Å². The molecule has 2 nitrogen and oxygen atoms in total. The van der Waals surface area contributed by atoms with Gasteiger partial charge in [0.05, 0.1) is 11.1 Å². The number of hydrogen-bond acceptors (Lipinski definition) is 1. The molecule has 0 aliphatic heterocycles. The van der Waals surface area contributed by atoms with Gasteiger partial charge >= 0.3 is 6.18 Å². The number of hydrogen-bond donors (Lipinski definition) is 1. The maximum atomic E-state index is 12.8. The van der Waals surface area contributed by atoms with Crippen LogP contribution in [0.15, 0.2) is 18.2 Å². The van der Waals surface area contributed by atoms with Gasteiger partial charge < -0.3 is 5.73 Å². The van der Waals surface area contributed by atoms with Crippen LogP contribution < -0.4 is 5.73 Å². The first kappa shape index (κ1) is 11.0. The summed E-state index contributed by atoms with van der Waals surface area (Å²) in [6.07, 6.45) is -3.04. The van der Waals surface area contributed by atoms with Crippen molar-refractivity contribution < 1.29 is 18.0 Å². The predicted molar refractivity (Wildman–Crippen MR) is 51.9 cm³/mol. The fourth-order valence-corrected chi connectivity index (χ4v) is 1.83. The topological polar surface area (TPSA) is 43.1 Å². The number of halogens is 3. The molecule has 2 rings (SSSR count). The quantitative estimate of drug-likeness (QED) is 0.832. The van der Waals surface area contributed by atoms with Gasteiger partial charge in [0, 0.05) is 0 Å². The van der Waals surface area contributed by atoms with Crippen molar-refractivity contribution in [2.45, 2.75) is 24.9 Å². The van der Waals surface area contributed by atoms with E-state index in [9.17, 15) is 18.0 Å². The third kappa shape index (κ3) is 1.89. The molecule has 0 heterocycles. The minimum absolute atomic E-state index is 0.0732. The summed E-state index contributed by atoms with van der Waals surface area (Å²) in [5, 5.41) is 0. The van der Waals surface area contributed by atoms with Gasteiger partial charge in [0.25, 0.3) is 0 Å². The number of amides is 1. The third-order valence-electron chi connectivity index (χ3n) is 2.66. The molecule has 1 aromatic rings. The van der Waals surface area contributed by atoms with E-state index in [0.29, 0.717) is 0 Å². The van der Waals surface area contributed by atoms with E-state index in [1.165, 1.54) is 12.1 Å². The molecule has 0 saturated heterocycles. The normalized spacial score (nSPS) is 16.2. The Balaban J connectivity index is 2.62. The maximum absolute atomic E-state index is 12.8. The Morgan fingerprint density at radius 1 is 1.31 bits per heavy atom. The molecule has 0 unspecified atom stereocenters. The Morgan fingerprint density at radius 3 is 2.38 bits per heavy atom. The zero-order valence-corrected chi connectivity index (χ0v) is 8.34. The van der Waals surface area contributed by atoms with Crippen molar-refractivity contribution in [3.8, 4) is 0 Å². The Morgan fingerprint density at radius 2 is 1.94 bits per heavy atom. The average molecular weight is 229 g/mol. The molecule has 0 aromatic heterocycles. The summed E-state index contributed by atoms with van der Waals surface area (Å²) in [6.45, 7) is 0. The van der Waals surface area contributed by atoms with E-state index in [1.54, 1.807) is 0 Å². The van der Waals surface area contributed by atoms with Crippen molar-refractivity contribution in [2.75, 3.05) is 0 Å². The number of primary amides is 1. The van der Waals surface area contributed by atoms with Crippen molar-refractivity contribution in [3.05, 3.63) is 34.9 Å². The summed E-state index contributed by atoms with van der Waals surface area (Å²) >= 11 is 0. The van der Waals surface area contributed by atoms with Crippen LogP contribution in [0.3, 0.4) is 0 Å². The predicted octanol–water partition coefficient (Wildman–Crippen LogP) is 2.68. The van der Waals surface area contributed by atoms with Crippen molar-refractivity contribution >= 4 is 5.91 Å². The van der Waals surface area contributed by atoms with Crippen LogP contribution in [0.1, 0.15) is 40.2 Å². The summed E-state index contributed by atoms with van der Waals surface area (Å²) in [4.78, 5) is 11.0. The highest BCUT2D eigenvalue weighted by atomic mass is 19.4. The largest absolute Gasteiger partial charge is 0.417 e. The Kier molecular flexibility index (Phi) is 2.40. The SMILES string of the molecule is NC(=O)c1cccc(C2CC2)c1C(F)(F)F. The van der Waals surface area contributed by atoms with E-state index in [2.05, 4.69) is 0 Å². The van der Waals surface area contributed by atoms with Gasteiger partial charge in [-0.05, 0) is 30.4 Å². The summed E-state index contributed by atoms with van der Waals surface area (Å²) < 4.78 is 38.5. The van der Waals surface area contributed by atoms with Crippen molar-refractivity contribution in [1.29, 1.82) is 0 Å². The molecule has 1 fully saturated rings. The summed E-state index contributed by atoms with van der Waals surface area (Å²) in [5.74, 6) is -1.11. The second kappa shape index (κ2) is 3.50. The van der Waals surface area contributed by atoms with Crippen LogP contribution in [-0.2, 0) is 6.18 Å². The number of nitrogens with two attached hydrogens (primary N) is 1. The molecule has 5 heteroatoms. The number of rotatable bonds is 2. The molecule has 1 aromatic carbocycles. The smallest absolute Gasteiger partial charge is 0.366 e. The maximum Gasteiger partial charge on any atom is 0.417 e. The summed E-state index contributed by atoms with van der Waals surface area (Å²) in [6, 6.07) is 3.99. The van der Waals surface area contributed by atoms with E-state index in [1.807, 2.05) is 0 Å². The van der Waals surface area contributed by atoms with Crippen molar-refractivity contribution in [2.24, 2.45) is 5.73 Å². The lowest BCUT2D eigenvalue weighted by molar-refractivity contribution is -0.138. The van der Waals surface area contributed by atoms with E-state index in [4.69, 9.17) is 5.73 Å². The lowest BCUT2D eigenvalue weighted by Crippen LogP contribution is -2.20. The molecular formula is C11H10F3NO. The zero-order valence-electron chi connectivity index (χ0n) is 8.34. The first-order valence-electron chi connectivity index (χ1n) is 4.91. The van der Waals surface area contributed by atoms with E-state index < -0.39 is 23.2 Å². The third-order valence-corrected chi connectivity index (χ3v) is 2.66. The second-order valence-electron chi connectivity index (χ2n) is 3.91. The molecule has 16 heavy (non-hydrogen) atoms. The van der Waals surface area contributed by atoms with Gasteiger partial charge in [-0.1, -0.05) is 12.1 Å². The van der Waals surface area contributed by atoms with E-state index >= 15 is 0 Å². The van der Waals surface area contributed by atoms with Gasteiger partial charge in [0.15, 0.2) is 0 Å². The number of benzene rings is 1. The van der Waals surface area contributed by atoms with Gasteiger partial charge in [-0.25, -0.2) is 0 Å². The van der Waals surface area contributed by atoms with Crippen LogP contribution in [0.2, 0.25) is 0 Å². The molecule has 0 radical (unpaired) electrons. The number of carbonyl (C=O) groups is 1. The van der Waals surface area contributed by atoms with Crippen molar-refractivity contribution in [3.63, 3.8) is 0 Å².